The van der Waals surface area contributed by atoms with E-state index in [4.69, 9.17) is 0 Å². The van der Waals surface area contributed by atoms with Crippen LogP contribution in [0.15, 0.2) is 60.8 Å². The minimum atomic E-state index is -0.0578. The summed E-state index contributed by atoms with van der Waals surface area (Å²) in [6.45, 7) is 1.94. The summed E-state index contributed by atoms with van der Waals surface area (Å²) >= 11 is 1.52. The largest absolute Gasteiger partial charge is 0.346 e. The Labute approximate surface area is 156 Å². The Morgan fingerprint density at radius 2 is 1.92 bits per heavy atom. The van der Waals surface area contributed by atoms with Crippen LogP contribution in [0.25, 0.3) is 21.0 Å². The highest BCUT2D eigenvalue weighted by molar-refractivity contribution is 7.20. The molecule has 0 saturated carbocycles. The molecular weight excluding hydrogens is 342 g/mol. The number of rotatable bonds is 5. The number of aromatic nitrogens is 1. The minimum Gasteiger partial charge on any atom is -0.346 e. The highest BCUT2D eigenvalue weighted by atomic mass is 32.1. The van der Waals surface area contributed by atoms with Crippen molar-refractivity contribution < 1.29 is 4.79 Å². The lowest BCUT2D eigenvalue weighted by atomic mass is 10.2. The van der Waals surface area contributed by atoms with Gasteiger partial charge in [-0.2, -0.15) is 0 Å². The standard InChI is InChI=1S/C21H21N3OS/c1-23(2)11-12-24-10-9-15-13-17(7-8-18(15)24)22-21(25)20-14-16-5-3-4-6-19(16)26-20/h3-10,13-14H,11-12H2,1-2H3,(H,22,25). The second-order valence-corrected chi connectivity index (χ2v) is 7.77. The third-order valence-corrected chi connectivity index (χ3v) is 5.58. The van der Waals surface area contributed by atoms with Crippen LogP contribution in [0.1, 0.15) is 9.67 Å². The average Bonchev–Trinajstić information content (AvgIpc) is 3.23. The van der Waals surface area contributed by atoms with E-state index in [9.17, 15) is 4.79 Å². The highest BCUT2D eigenvalue weighted by Gasteiger charge is 2.11. The van der Waals surface area contributed by atoms with Gasteiger partial charge in [0.2, 0.25) is 0 Å². The van der Waals surface area contributed by atoms with E-state index in [1.165, 1.54) is 16.9 Å². The molecule has 0 aliphatic carbocycles. The lowest BCUT2D eigenvalue weighted by molar-refractivity contribution is 0.103. The maximum absolute atomic E-state index is 12.6. The van der Waals surface area contributed by atoms with Gasteiger partial charge in [-0.1, -0.05) is 18.2 Å². The van der Waals surface area contributed by atoms with Gasteiger partial charge in [0.05, 0.1) is 4.88 Å². The molecular formula is C21H21N3OS. The second-order valence-electron chi connectivity index (χ2n) is 6.69. The van der Waals surface area contributed by atoms with Crippen LogP contribution in [-0.4, -0.2) is 36.0 Å². The van der Waals surface area contributed by atoms with Crippen molar-refractivity contribution in [2.45, 2.75) is 6.54 Å². The summed E-state index contributed by atoms with van der Waals surface area (Å²) in [6, 6.07) is 18.2. The van der Waals surface area contributed by atoms with E-state index < -0.39 is 0 Å². The Bertz CT molecular complexity index is 1040. The number of hydrogen-bond acceptors (Lipinski definition) is 3. The molecule has 0 bridgehead atoms. The first-order valence-electron chi connectivity index (χ1n) is 8.64. The van der Waals surface area contributed by atoms with Crippen molar-refractivity contribution in [3.63, 3.8) is 0 Å². The number of benzene rings is 2. The molecule has 4 nitrogen and oxygen atoms in total. The van der Waals surface area contributed by atoms with Crippen LogP contribution in [0, 0.1) is 0 Å². The van der Waals surface area contributed by atoms with Gasteiger partial charge < -0.3 is 14.8 Å². The van der Waals surface area contributed by atoms with Crippen molar-refractivity contribution in [1.82, 2.24) is 9.47 Å². The molecule has 0 aliphatic heterocycles. The van der Waals surface area contributed by atoms with Gasteiger partial charge >= 0.3 is 0 Å². The number of amides is 1. The molecule has 132 valence electrons. The summed E-state index contributed by atoms with van der Waals surface area (Å²) in [5, 5.41) is 5.27. The molecule has 0 aliphatic rings. The SMILES string of the molecule is CN(C)CCn1ccc2cc(NC(=O)c3cc4ccccc4s3)ccc21. The van der Waals surface area contributed by atoms with Crippen molar-refractivity contribution in [3.8, 4) is 0 Å². The number of carbonyl (C=O) groups is 1. The third-order valence-electron chi connectivity index (χ3n) is 4.47. The zero-order valence-electron chi connectivity index (χ0n) is 14.9. The van der Waals surface area contributed by atoms with Crippen molar-refractivity contribution in [3.05, 3.63) is 65.7 Å². The molecule has 4 rings (SSSR count). The van der Waals surface area contributed by atoms with Crippen molar-refractivity contribution in [1.29, 1.82) is 0 Å². The zero-order chi connectivity index (χ0) is 18.1. The predicted octanol–water partition coefficient (Wildman–Crippen LogP) is 4.67. The topological polar surface area (TPSA) is 37.3 Å². The summed E-state index contributed by atoms with van der Waals surface area (Å²) in [5.74, 6) is -0.0578. The van der Waals surface area contributed by atoms with E-state index >= 15 is 0 Å². The molecule has 5 heteroatoms. The maximum atomic E-state index is 12.6. The summed E-state index contributed by atoms with van der Waals surface area (Å²) in [6.07, 6.45) is 2.10. The van der Waals surface area contributed by atoms with Crippen LogP contribution in [-0.2, 0) is 6.54 Å². The molecule has 26 heavy (non-hydrogen) atoms. The fraction of sp³-hybridized carbons (Fsp3) is 0.190. The second kappa shape index (κ2) is 6.94. The van der Waals surface area contributed by atoms with E-state index in [1.807, 2.05) is 42.5 Å². The minimum absolute atomic E-state index is 0.0578. The van der Waals surface area contributed by atoms with Gasteiger partial charge in [-0.05, 0) is 55.9 Å². The van der Waals surface area contributed by atoms with Gasteiger partial charge in [0, 0.05) is 40.6 Å². The van der Waals surface area contributed by atoms with Gasteiger partial charge in [-0.25, -0.2) is 0 Å². The summed E-state index contributed by atoms with van der Waals surface area (Å²) in [5.41, 5.74) is 2.01. The molecule has 2 heterocycles. The van der Waals surface area contributed by atoms with Crippen LogP contribution in [0.3, 0.4) is 0 Å². The zero-order valence-corrected chi connectivity index (χ0v) is 15.7. The number of nitrogens with zero attached hydrogens (tertiary/aromatic N) is 2. The monoisotopic (exact) mass is 363 g/mol. The van der Waals surface area contributed by atoms with Crippen LogP contribution >= 0.6 is 11.3 Å². The first-order chi connectivity index (χ1) is 12.6. The number of hydrogen-bond donors (Lipinski definition) is 1. The molecule has 2 aromatic heterocycles. The molecule has 4 aromatic rings. The van der Waals surface area contributed by atoms with E-state index in [2.05, 4.69) is 47.2 Å². The van der Waals surface area contributed by atoms with Gasteiger partial charge in [0.1, 0.15) is 0 Å². The lowest BCUT2D eigenvalue weighted by Gasteiger charge is -2.11. The number of thiophene rings is 1. The van der Waals surface area contributed by atoms with Crippen LogP contribution in [0.4, 0.5) is 5.69 Å². The molecule has 0 saturated heterocycles. The van der Waals surface area contributed by atoms with Crippen molar-refractivity contribution in [2.24, 2.45) is 0 Å². The summed E-state index contributed by atoms with van der Waals surface area (Å²) in [7, 11) is 4.15. The van der Waals surface area contributed by atoms with Gasteiger partial charge in [0.25, 0.3) is 5.91 Å². The Morgan fingerprint density at radius 3 is 2.73 bits per heavy atom. The molecule has 0 unspecified atom stereocenters. The van der Waals surface area contributed by atoms with Gasteiger partial charge in [0.15, 0.2) is 0 Å². The first-order valence-corrected chi connectivity index (χ1v) is 9.45. The summed E-state index contributed by atoms with van der Waals surface area (Å²) in [4.78, 5) is 15.5. The first kappa shape index (κ1) is 16.8. The van der Waals surface area contributed by atoms with Crippen molar-refractivity contribution in [2.75, 3.05) is 26.0 Å². The molecule has 0 spiro atoms. The molecule has 2 aromatic carbocycles. The Hall–Kier alpha value is -2.63. The fourth-order valence-electron chi connectivity index (χ4n) is 3.07. The Kier molecular flexibility index (Phi) is 4.49. The number of likely N-dealkylation sites (N-methyl/N-ethyl adjacent to an activating group) is 1. The average molecular weight is 363 g/mol. The van der Waals surface area contributed by atoms with E-state index in [1.54, 1.807) is 0 Å². The molecule has 0 atom stereocenters. The maximum Gasteiger partial charge on any atom is 0.265 e. The number of nitrogens with one attached hydrogen (secondary N) is 1. The van der Waals surface area contributed by atoms with E-state index in [0.717, 1.165) is 39.1 Å². The van der Waals surface area contributed by atoms with Gasteiger partial charge in [-0.15, -0.1) is 11.3 Å². The van der Waals surface area contributed by atoms with E-state index in [0.29, 0.717) is 0 Å². The number of carbonyl (C=O) groups excluding carboxylic acids is 1. The normalized spacial score (nSPS) is 11.5. The smallest absolute Gasteiger partial charge is 0.265 e. The fourth-order valence-corrected chi connectivity index (χ4v) is 4.03. The van der Waals surface area contributed by atoms with E-state index in [-0.39, 0.29) is 5.91 Å². The molecule has 1 N–H and O–H groups in total. The predicted molar refractivity (Wildman–Crippen MR) is 110 cm³/mol. The Morgan fingerprint density at radius 1 is 1.08 bits per heavy atom. The number of fused-ring (bicyclic) bond motifs is 2. The quantitative estimate of drug-likeness (QED) is 0.559. The van der Waals surface area contributed by atoms with Crippen molar-refractivity contribution >= 4 is 43.9 Å². The number of anilines is 1. The molecule has 0 radical (unpaired) electrons. The van der Waals surface area contributed by atoms with Crippen LogP contribution in [0.5, 0.6) is 0 Å². The molecule has 1 amide bonds. The highest BCUT2D eigenvalue weighted by Crippen LogP contribution is 2.27. The van der Waals surface area contributed by atoms with Crippen LogP contribution in [0.2, 0.25) is 0 Å². The lowest BCUT2D eigenvalue weighted by Crippen LogP contribution is -2.17. The van der Waals surface area contributed by atoms with Crippen LogP contribution < -0.4 is 5.32 Å². The molecule has 0 fully saturated rings. The Balaban J connectivity index is 1.54. The van der Waals surface area contributed by atoms with Gasteiger partial charge in [-0.3, -0.25) is 4.79 Å². The third kappa shape index (κ3) is 3.36. The summed E-state index contributed by atoms with van der Waals surface area (Å²) < 4.78 is 3.37.